The maximum Gasteiger partial charge on any atom is 0.231 e. The van der Waals surface area contributed by atoms with Crippen molar-refractivity contribution in [1.29, 1.82) is 0 Å². The van der Waals surface area contributed by atoms with Gasteiger partial charge in [0.25, 0.3) is 0 Å². The van der Waals surface area contributed by atoms with E-state index < -0.39 is 10.0 Å². The van der Waals surface area contributed by atoms with Crippen molar-refractivity contribution in [2.75, 3.05) is 11.0 Å². The second-order valence-corrected chi connectivity index (χ2v) is 4.77. The first-order valence-electron chi connectivity index (χ1n) is 4.30. The molecular weight excluding hydrogens is 202 g/mol. The van der Waals surface area contributed by atoms with Crippen LogP contribution in [-0.2, 0) is 16.4 Å². The van der Waals surface area contributed by atoms with Crippen LogP contribution in [0.25, 0.3) is 0 Å². The first-order valence-corrected chi connectivity index (χ1v) is 6.19. The number of hydrogen-bond acceptors (Lipinski definition) is 4. The molecule has 5 nitrogen and oxygen atoms in total. The molecule has 0 bridgehead atoms. The summed E-state index contributed by atoms with van der Waals surface area (Å²) in [4.78, 5) is 7.99. The van der Waals surface area contributed by atoms with Crippen molar-refractivity contribution in [2.45, 2.75) is 19.8 Å². The van der Waals surface area contributed by atoms with Gasteiger partial charge in [-0.1, -0.05) is 13.3 Å². The summed E-state index contributed by atoms with van der Waals surface area (Å²) >= 11 is 0. The summed E-state index contributed by atoms with van der Waals surface area (Å²) in [6, 6.07) is 0. The lowest BCUT2D eigenvalue weighted by Crippen LogP contribution is -2.11. The predicted molar refractivity (Wildman–Crippen MR) is 54.5 cm³/mol. The van der Waals surface area contributed by atoms with Gasteiger partial charge in [-0.15, -0.1) is 0 Å². The molecule has 0 saturated heterocycles. The molecule has 0 saturated carbocycles. The summed E-state index contributed by atoms with van der Waals surface area (Å²) in [5.74, 6) is 0.257. The first-order chi connectivity index (χ1) is 6.51. The highest BCUT2D eigenvalue weighted by molar-refractivity contribution is 7.92. The van der Waals surface area contributed by atoms with Crippen LogP contribution < -0.4 is 4.72 Å². The minimum atomic E-state index is -3.25. The Balaban J connectivity index is 2.74. The Labute approximate surface area is 83.6 Å². The first kappa shape index (κ1) is 10.9. The van der Waals surface area contributed by atoms with Crippen molar-refractivity contribution in [3.8, 4) is 0 Å². The molecule has 0 amide bonds. The molecule has 0 aromatic carbocycles. The van der Waals surface area contributed by atoms with Crippen LogP contribution in [0.1, 0.15) is 19.0 Å². The number of aryl methyl sites for hydroxylation is 1. The van der Waals surface area contributed by atoms with Crippen molar-refractivity contribution >= 4 is 15.8 Å². The largest absolute Gasteiger partial charge is 0.266 e. The molecule has 78 valence electrons. The minimum absolute atomic E-state index is 0.257. The van der Waals surface area contributed by atoms with E-state index in [0.29, 0.717) is 0 Å². The summed E-state index contributed by atoms with van der Waals surface area (Å²) in [7, 11) is -3.25. The minimum Gasteiger partial charge on any atom is -0.266 e. The van der Waals surface area contributed by atoms with Gasteiger partial charge in [-0.05, 0) is 6.42 Å². The standard InChI is InChI=1S/C8H13N3O2S/c1-3-4-7-5-10-8(6-9-7)11-14(2,12)13/h5-6H,3-4H2,1-2H3,(H,10,11). The normalized spacial score (nSPS) is 11.3. The lowest BCUT2D eigenvalue weighted by Gasteiger charge is -2.02. The fraction of sp³-hybridized carbons (Fsp3) is 0.500. The summed E-state index contributed by atoms with van der Waals surface area (Å²) in [5.41, 5.74) is 0.867. The third kappa shape index (κ3) is 3.69. The number of rotatable bonds is 4. The Morgan fingerprint density at radius 2 is 2.07 bits per heavy atom. The van der Waals surface area contributed by atoms with Crippen molar-refractivity contribution in [3.63, 3.8) is 0 Å². The van der Waals surface area contributed by atoms with E-state index in [0.717, 1.165) is 24.8 Å². The van der Waals surface area contributed by atoms with Gasteiger partial charge in [-0.25, -0.2) is 13.4 Å². The summed E-state index contributed by atoms with van der Waals surface area (Å²) in [6.07, 6.45) is 5.93. The van der Waals surface area contributed by atoms with Gasteiger partial charge in [0.1, 0.15) is 0 Å². The van der Waals surface area contributed by atoms with Crippen molar-refractivity contribution in [1.82, 2.24) is 9.97 Å². The van der Waals surface area contributed by atoms with Gasteiger partial charge in [0, 0.05) is 0 Å². The van der Waals surface area contributed by atoms with Crippen LogP contribution >= 0.6 is 0 Å². The third-order valence-electron chi connectivity index (χ3n) is 1.50. The van der Waals surface area contributed by atoms with Gasteiger partial charge in [-0.3, -0.25) is 9.71 Å². The number of nitrogens with one attached hydrogen (secondary N) is 1. The molecule has 0 aliphatic heterocycles. The van der Waals surface area contributed by atoms with Crippen LogP contribution in [0.2, 0.25) is 0 Å². The van der Waals surface area contributed by atoms with Crippen molar-refractivity contribution in [2.24, 2.45) is 0 Å². The highest BCUT2D eigenvalue weighted by Gasteiger charge is 2.02. The average molecular weight is 215 g/mol. The van der Waals surface area contributed by atoms with Gasteiger partial charge in [0.2, 0.25) is 10.0 Å². The maximum atomic E-state index is 10.8. The molecule has 6 heteroatoms. The summed E-state index contributed by atoms with van der Waals surface area (Å²) in [6.45, 7) is 2.05. The highest BCUT2D eigenvalue weighted by atomic mass is 32.2. The number of hydrogen-bond donors (Lipinski definition) is 1. The van der Waals surface area contributed by atoms with Crippen LogP contribution in [0.5, 0.6) is 0 Å². The maximum absolute atomic E-state index is 10.8. The van der Waals surface area contributed by atoms with E-state index in [9.17, 15) is 8.42 Å². The second-order valence-electron chi connectivity index (χ2n) is 3.02. The monoisotopic (exact) mass is 215 g/mol. The SMILES string of the molecule is CCCc1cnc(NS(C)(=O)=O)cn1. The molecule has 0 fully saturated rings. The van der Waals surface area contributed by atoms with Gasteiger partial charge in [0.05, 0.1) is 24.3 Å². The van der Waals surface area contributed by atoms with Crippen LogP contribution in [-0.4, -0.2) is 24.6 Å². The third-order valence-corrected chi connectivity index (χ3v) is 2.08. The molecule has 1 heterocycles. The molecule has 0 spiro atoms. The van der Waals surface area contributed by atoms with Crippen LogP contribution in [0.4, 0.5) is 5.82 Å². The van der Waals surface area contributed by atoms with E-state index in [-0.39, 0.29) is 5.82 Å². The molecule has 0 radical (unpaired) electrons. The zero-order chi connectivity index (χ0) is 10.6. The number of aromatic nitrogens is 2. The molecule has 0 atom stereocenters. The van der Waals surface area contributed by atoms with Crippen molar-refractivity contribution in [3.05, 3.63) is 18.1 Å². The van der Waals surface area contributed by atoms with Gasteiger partial charge in [-0.2, -0.15) is 0 Å². The molecule has 14 heavy (non-hydrogen) atoms. The fourth-order valence-electron chi connectivity index (χ4n) is 0.983. The Kier molecular flexibility index (Phi) is 3.40. The molecule has 1 rings (SSSR count). The lowest BCUT2D eigenvalue weighted by atomic mass is 10.3. The van der Waals surface area contributed by atoms with Gasteiger partial charge < -0.3 is 0 Å². The van der Waals surface area contributed by atoms with Crippen LogP contribution in [0.3, 0.4) is 0 Å². The Bertz CT molecular complexity index is 386. The topological polar surface area (TPSA) is 72.0 Å². The summed E-state index contributed by atoms with van der Waals surface area (Å²) in [5, 5.41) is 0. The average Bonchev–Trinajstić information content (AvgIpc) is 2.06. The van der Waals surface area contributed by atoms with E-state index in [2.05, 4.69) is 14.7 Å². The molecule has 1 aromatic heterocycles. The Morgan fingerprint density at radius 3 is 2.50 bits per heavy atom. The van der Waals surface area contributed by atoms with E-state index in [4.69, 9.17) is 0 Å². The molecule has 0 aliphatic carbocycles. The Hall–Kier alpha value is -1.17. The highest BCUT2D eigenvalue weighted by Crippen LogP contribution is 2.04. The zero-order valence-electron chi connectivity index (χ0n) is 8.19. The molecular formula is C8H13N3O2S. The van der Waals surface area contributed by atoms with E-state index in [1.165, 1.54) is 6.20 Å². The van der Waals surface area contributed by atoms with Gasteiger partial charge in [0.15, 0.2) is 5.82 Å². The number of anilines is 1. The van der Waals surface area contributed by atoms with E-state index >= 15 is 0 Å². The molecule has 1 N–H and O–H groups in total. The van der Waals surface area contributed by atoms with E-state index in [1.54, 1.807) is 6.20 Å². The quantitative estimate of drug-likeness (QED) is 0.806. The lowest BCUT2D eigenvalue weighted by molar-refractivity contribution is 0.606. The number of sulfonamides is 1. The van der Waals surface area contributed by atoms with E-state index in [1.807, 2.05) is 6.92 Å². The zero-order valence-corrected chi connectivity index (χ0v) is 9.00. The fourth-order valence-corrected chi connectivity index (χ4v) is 1.47. The van der Waals surface area contributed by atoms with Crippen LogP contribution in [0.15, 0.2) is 12.4 Å². The number of nitrogens with zero attached hydrogens (tertiary/aromatic N) is 2. The van der Waals surface area contributed by atoms with Crippen molar-refractivity contribution < 1.29 is 8.42 Å². The molecule has 1 aromatic rings. The molecule has 0 aliphatic rings. The summed E-state index contributed by atoms with van der Waals surface area (Å²) < 4.78 is 23.9. The smallest absolute Gasteiger partial charge is 0.231 e. The van der Waals surface area contributed by atoms with Crippen LogP contribution in [0, 0.1) is 0 Å². The Morgan fingerprint density at radius 1 is 1.36 bits per heavy atom. The van der Waals surface area contributed by atoms with Gasteiger partial charge >= 0.3 is 0 Å². The predicted octanol–water partition coefficient (Wildman–Crippen LogP) is 0.801. The second kappa shape index (κ2) is 4.36. The molecule has 0 unspecified atom stereocenters.